The summed E-state index contributed by atoms with van der Waals surface area (Å²) in [7, 11) is 1.50. The molecular formula is C10H9N7OS. The maximum atomic E-state index is 5.92. The van der Waals surface area contributed by atoms with Crippen LogP contribution in [0, 0.1) is 0 Å². The van der Waals surface area contributed by atoms with E-state index in [2.05, 4.69) is 29.9 Å². The molecule has 0 aliphatic heterocycles. The standard InChI is InChI=1S/C10H9N7OS/c1-18-8-5(11)9(16-4-15-8)19-10-6-7(13-2-12-6)14-3-17-10/h2-4H,11H2,1H3,(H,12,13,14,17). The molecule has 0 bridgehead atoms. The number of H-pyrrole nitrogens is 1. The molecule has 3 N–H and O–H groups in total. The van der Waals surface area contributed by atoms with Gasteiger partial charge in [0.05, 0.1) is 13.4 Å². The fourth-order valence-corrected chi connectivity index (χ4v) is 2.35. The van der Waals surface area contributed by atoms with Gasteiger partial charge in [-0.05, 0) is 11.8 Å². The van der Waals surface area contributed by atoms with Crippen LogP contribution in [0.3, 0.4) is 0 Å². The molecule has 3 aromatic heterocycles. The Hall–Kier alpha value is -2.42. The Morgan fingerprint density at radius 3 is 2.74 bits per heavy atom. The van der Waals surface area contributed by atoms with Gasteiger partial charge >= 0.3 is 0 Å². The van der Waals surface area contributed by atoms with E-state index in [1.807, 2.05) is 0 Å². The van der Waals surface area contributed by atoms with Crippen LogP contribution in [-0.2, 0) is 0 Å². The number of aromatic nitrogens is 6. The average molecular weight is 275 g/mol. The lowest BCUT2D eigenvalue weighted by Gasteiger charge is -2.06. The van der Waals surface area contributed by atoms with Crippen LogP contribution >= 0.6 is 11.8 Å². The van der Waals surface area contributed by atoms with Gasteiger partial charge in [-0.3, -0.25) is 0 Å². The molecule has 0 aliphatic rings. The van der Waals surface area contributed by atoms with E-state index < -0.39 is 0 Å². The molecule has 0 unspecified atom stereocenters. The number of methoxy groups -OCH3 is 1. The molecule has 0 saturated heterocycles. The second kappa shape index (κ2) is 4.69. The molecule has 96 valence electrons. The largest absolute Gasteiger partial charge is 0.479 e. The Bertz CT molecular complexity index is 729. The summed E-state index contributed by atoms with van der Waals surface area (Å²) in [6.07, 6.45) is 4.40. The van der Waals surface area contributed by atoms with Crippen molar-refractivity contribution in [1.82, 2.24) is 29.9 Å². The molecule has 0 amide bonds. The number of anilines is 1. The van der Waals surface area contributed by atoms with E-state index in [0.29, 0.717) is 27.3 Å². The molecule has 8 nitrogen and oxygen atoms in total. The predicted molar refractivity (Wildman–Crippen MR) is 68.8 cm³/mol. The molecule has 3 rings (SSSR count). The third-order valence-corrected chi connectivity index (χ3v) is 3.41. The zero-order chi connectivity index (χ0) is 13.2. The number of imidazole rings is 1. The summed E-state index contributed by atoms with van der Waals surface area (Å²) in [5.74, 6) is 0.340. The van der Waals surface area contributed by atoms with Gasteiger partial charge in [-0.15, -0.1) is 0 Å². The lowest BCUT2D eigenvalue weighted by molar-refractivity contribution is 0.397. The zero-order valence-corrected chi connectivity index (χ0v) is 10.7. The van der Waals surface area contributed by atoms with E-state index in [1.165, 1.54) is 31.5 Å². The Morgan fingerprint density at radius 2 is 1.89 bits per heavy atom. The van der Waals surface area contributed by atoms with Crippen LogP contribution in [0.5, 0.6) is 5.88 Å². The Balaban J connectivity index is 2.04. The van der Waals surface area contributed by atoms with Gasteiger partial charge in [0, 0.05) is 0 Å². The first-order valence-electron chi connectivity index (χ1n) is 5.26. The number of nitrogens with one attached hydrogen (secondary N) is 1. The van der Waals surface area contributed by atoms with Crippen LogP contribution in [0.4, 0.5) is 5.69 Å². The third kappa shape index (κ3) is 2.03. The molecule has 0 aliphatic carbocycles. The molecule has 0 radical (unpaired) electrons. The van der Waals surface area contributed by atoms with Crippen molar-refractivity contribution < 1.29 is 4.74 Å². The summed E-state index contributed by atoms with van der Waals surface area (Å²) < 4.78 is 5.05. The third-order valence-electron chi connectivity index (χ3n) is 2.39. The van der Waals surface area contributed by atoms with E-state index in [9.17, 15) is 0 Å². The molecule has 0 atom stereocenters. The van der Waals surface area contributed by atoms with Crippen molar-refractivity contribution in [2.24, 2.45) is 0 Å². The SMILES string of the molecule is COc1ncnc(Sc2ncnc3nc[nH]c23)c1N. The van der Waals surface area contributed by atoms with Gasteiger partial charge in [-0.2, -0.15) is 4.98 Å². The highest BCUT2D eigenvalue weighted by Crippen LogP contribution is 2.34. The number of hydrogen-bond donors (Lipinski definition) is 2. The van der Waals surface area contributed by atoms with Crippen LogP contribution in [0.15, 0.2) is 29.0 Å². The molecule has 19 heavy (non-hydrogen) atoms. The van der Waals surface area contributed by atoms with Gasteiger partial charge < -0.3 is 15.5 Å². The van der Waals surface area contributed by atoms with E-state index >= 15 is 0 Å². The normalized spacial score (nSPS) is 10.8. The second-order valence-corrected chi connectivity index (χ2v) is 4.46. The van der Waals surface area contributed by atoms with Gasteiger partial charge in [0.25, 0.3) is 0 Å². The van der Waals surface area contributed by atoms with E-state index in [0.717, 1.165) is 5.52 Å². The first-order valence-corrected chi connectivity index (χ1v) is 6.07. The molecular weight excluding hydrogens is 266 g/mol. The van der Waals surface area contributed by atoms with Crippen LogP contribution in [0.2, 0.25) is 0 Å². The van der Waals surface area contributed by atoms with E-state index in [-0.39, 0.29) is 0 Å². The molecule has 0 fully saturated rings. The monoisotopic (exact) mass is 275 g/mol. The quantitative estimate of drug-likeness (QED) is 0.677. The maximum absolute atomic E-state index is 5.92. The van der Waals surface area contributed by atoms with Crippen molar-refractivity contribution >= 4 is 28.6 Å². The van der Waals surface area contributed by atoms with Gasteiger partial charge in [0.2, 0.25) is 5.88 Å². The number of hydrogen-bond acceptors (Lipinski definition) is 8. The summed E-state index contributed by atoms with van der Waals surface area (Å²) >= 11 is 1.30. The van der Waals surface area contributed by atoms with Crippen molar-refractivity contribution in [3.8, 4) is 5.88 Å². The fraction of sp³-hybridized carbons (Fsp3) is 0.100. The number of ether oxygens (including phenoxy) is 1. The highest BCUT2D eigenvalue weighted by Gasteiger charge is 2.13. The number of nitrogen functional groups attached to an aromatic ring is 1. The van der Waals surface area contributed by atoms with Crippen LogP contribution in [0.1, 0.15) is 0 Å². The van der Waals surface area contributed by atoms with Gasteiger partial charge in [0.15, 0.2) is 5.65 Å². The predicted octanol–water partition coefficient (Wildman–Crippen LogP) is 0.885. The second-order valence-electron chi connectivity index (χ2n) is 3.48. The van der Waals surface area contributed by atoms with Gasteiger partial charge in [-0.1, -0.05) is 0 Å². The Kier molecular flexibility index (Phi) is 2.88. The minimum Gasteiger partial charge on any atom is -0.479 e. The molecule has 0 spiro atoms. The molecule has 9 heteroatoms. The fourth-order valence-electron chi connectivity index (χ4n) is 1.52. The number of aromatic amines is 1. The average Bonchev–Trinajstić information content (AvgIpc) is 2.90. The zero-order valence-electron chi connectivity index (χ0n) is 9.86. The van der Waals surface area contributed by atoms with E-state index in [1.54, 1.807) is 6.33 Å². The highest BCUT2D eigenvalue weighted by molar-refractivity contribution is 7.99. The Morgan fingerprint density at radius 1 is 1.11 bits per heavy atom. The highest BCUT2D eigenvalue weighted by atomic mass is 32.2. The Labute approximate surface area is 111 Å². The maximum Gasteiger partial charge on any atom is 0.241 e. The molecule has 0 aromatic carbocycles. The first-order chi connectivity index (χ1) is 9.29. The summed E-state index contributed by atoms with van der Waals surface area (Å²) in [6.45, 7) is 0. The summed E-state index contributed by atoms with van der Waals surface area (Å²) in [5, 5.41) is 1.26. The van der Waals surface area contributed by atoms with Gasteiger partial charge in [0.1, 0.15) is 33.9 Å². The molecule has 3 heterocycles. The smallest absolute Gasteiger partial charge is 0.241 e. The molecule has 3 aromatic rings. The van der Waals surface area contributed by atoms with Gasteiger partial charge in [-0.25, -0.2) is 19.9 Å². The number of nitrogens with zero attached hydrogens (tertiary/aromatic N) is 5. The van der Waals surface area contributed by atoms with Crippen molar-refractivity contribution in [3.05, 3.63) is 19.0 Å². The lowest BCUT2D eigenvalue weighted by atomic mass is 10.5. The molecule has 0 saturated carbocycles. The number of rotatable bonds is 3. The van der Waals surface area contributed by atoms with Crippen molar-refractivity contribution in [3.63, 3.8) is 0 Å². The summed E-state index contributed by atoms with van der Waals surface area (Å²) in [5.41, 5.74) is 7.63. The van der Waals surface area contributed by atoms with Crippen LogP contribution in [0.25, 0.3) is 11.2 Å². The van der Waals surface area contributed by atoms with E-state index in [4.69, 9.17) is 10.5 Å². The first kappa shape index (κ1) is 11.7. The van der Waals surface area contributed by atoms with Crippen molar-refractivity contribution in [2.45, 2.75) is 10.1 Å². The van der Waals surface area contributed by atoms with Crippen molar-refractivity contribution in [2.75, 3.05) is 12.8 Å². The topological polar surface area (TPSA) is 115 Å². The lowest BCUT2D eigenvalue weighted by Crippen LogP contribution is -1.99. The minimum absolute atomic E-state index is 0.340. The minimum atomic E-state index is 0.340. The summed E-state index contributed by atoms with van der Waals surface area (Å²) in [4.78, 5) is 23.3. The van der Waals surface area contributed by atoms with Crippen LogP contribution < -0.4 is 10.5 Å². The van der Waals surface area contributed by atoms with Crippen LogP contribution in [-0.4, -0.2) is 37.0 Å². The van der Waals surface area contributed by atoms with Crippen molar-refractivity contribution in [1.29, 1.82) is 0 Å². The number of nitrogens with two attached hydrogens (primary N) is 1. The number of fused-ring (bicyclic) bond motifs is 1. The summed E-state index contributed by atoms with van der Waals surface area (Å²) in [6, 6.07) is 0.